The van der Waals surface area contributed by atoms with Gasteiger partial charge in [0.2, 0.25) is 0 Å². The fourth-order valence-corrected chi connectivity index (χ4v) is 3.58. The van der Waals surface area contributed by atoms with Crippen LogP contribution >= 0.6 is 0 Å². The first-order chi connectivity index (χ1) is 16.6. The highest BCUT2D eigenvalue weighted by atomic mass is 16.5. The third-order valence-corrected chi connectivity index (χ3v) is 5.32. The van der Waals surface area contributed by atoms with Crippen LogP contribution in [0.25, 0.3) is 11.0 Å². The van der Waals surface area contributed by atoms with Gasteiger partial charge in [-0.3, -0.25) is 0 Å². The minimum absolute atomic E-state index is 0.308. The summed E-state index contributed by atoms with van der Waals surface area (Å²) in [6.45, 7) is 0.954. The Kier molecular flexibility index (Phi) is 7.44. The van der Waals surface area contributed by atoms with Crippen molar-refractivity contribution in [2.75, 3.05) is 24.8 Å². The van der Waals surface area contributed by atoms with Crippen molar-refractivity contribution < 1.29 is 14.3 Å². The first-order valence-electron chi connectivity index (χ1n) is 11.1. The van der Waals surface area contributed by atoms with Crippen LogP contribution in [0.15, 0.2) is 61.1 Å². The molecule has 9 heteroatoms. The highest BCUT2D eigenvalue weighted by Crippen LogP contribution is 2.30. The van der Waals surface area contributed by atoms with Gasteiger partial charge in [-0.25, -0.2) is 14.8 Å². The van der Waals surface area contributed by atoms with E-state index in [1.807, 2.05) is 30.3 Å². The zero-order chi connectivity index (χ0) is 23.8. The van der Waals surface area contributed by atoms with Crippen molar-refractivity contribution in [1.82, 2.24) is 20.3 Å². The number of aromatic amines is 1. The van der Waals surface area contributed by atoms with Crippen molar-refractivity contribution in [1.29, 1.82) is 0 Å². The average Bonchev–Trinajstić information content (AvgIpc) is 3.31. The predicted octanol–water partition coefficient (Wildman–Crippen LogP) is 4.27. The molecular weight excluding hydrogens is 432 g/mol. The summed E-state index contributed by atoms with van der Waals surface area (Å²) in [6, 6.07) is 14.7. The topological polar surface area (TPSA) is 127 Å². The molecule has 4 rings (SSSR count). The molecule has 0 aliphatic carbocycles. The SMILES string of the molecule is COc1cc(NC(=O)NCc2ccc3nc[nH]c3c2)ccc1OCCCCc1ccnc(N)c1. The molecule has 0 spiro atoms. The molecular formula is C25H28N6O3. The summed E-state index contributed by atoms with van der Waals surface area (Å²) < 4.78 is 11.3. The minimum atomic E-state index is -0.308. The zero-order valence-corrected chi connectivity index (χ0v) is 19.0. The van der Waals surface area contributed by atoms with Crippen LogP contribution < -0.4 is 25.8 Å². The molecule has 2 aromatic carbocycles. The monoisotopic (exact) mass is 460 g/mol. The number of nitrogens with one attached hydrogen (secondary N) is 3. The van der Waals surface area contributed by atoms with Gasteiger partial charge < -0.3 is 30.8 Å². The Balaban J connectivity index is 1.23. The number of carbonyl (C=O) groups excluding carboxylic acids is 1. The molecule has 0 atom stereocenters. The van der Waals surface area contributed by atoms with Gasteiger partial charge in [-0.1, -0.05) is 6.07 Å². The van der Waals surface area contributed by atoms with Gasteiger partial charge in [0, 0.05) is 24.5 Å². The standard InChI is InChI=1S/C25H28N6O3/c1-33-23-14-19(31-25(32)28-15-18-5-7-20-21(12-18)30-16-29-20)6-8-22(23)34-11-3-2-4-17-9-10-27-24(26)13-17/h5-10,12-14,16H,2-4,11,15H2,1H3,(H2,26,27)(H,29,30)(H2,28,31,32). The van der Waals surface area contributed by atoms with E-state index in [1.54, 1.807) is 37.8 Å². The van der Waals surface area contributed by atoms with Gasteiger partial charge in [-0.15, -0.1) is 0 Å². The summed E-state index contributed by atoms with van der Waals surface area (Å²) in [5, 5.41) is 5.68. The number of pyridine rings is 1. The van der Waals surface area contributed by atoms with E-state index in [1.165, 1.54) is 5.56 Å². The summed E-state index contributed by atoms with van der Waals surface area (Å²) in [6.07, 6.45) is 6.15. The number of benzene rings is 2. The number of ether oxygens (including phenoxy) is 2. The van der Waals surface area contributed by atoms with Crippen molar-refractivity contribution in [2.24, 2.45) is 0 Å². The Hall–Kier alpha value is -4.27. The fourth-order valence-electron chi connectivity index (χ4n) is 3.58. The largest absolute Gasteiger partial charge is 0.493 e. The van der Waals surface area contributed by atoms with E-state index in [-0.39, 0.29) is 6.03 Å². The Morgan fingerprint density at radius 2 is 1.94 bits per heavy atom. The van der Waals surface area contributed by atoms with Crippen molar-refractivity contribution in [3.63, 3.8) is 0 Å². The number of H-pyrrole nitrogens is 1. The van der Waals surface area contributed by atoms with Crippen LogP contribution in [0.5, 0.6) is 11.5 Å². The van der Waals surface area contributed by atoms with Crippen LogP contribution in [-0.4, -0.2) is 34.7 Å². The first kappa shape index (κ1) is 22.9. The molecule has 176 valence electrons. The molecule has 9 nitrogen and oxygen atoms in total. The molecule has 4 aromatic rings. The summed E-state index contributed by atoms with van der Waals surface area (Å²) in [5.41, 5.74) is 10.3. The lowest BCUT2D eigenvalue weighted by molar-refractivity contribution is 0.251. The van der Waals surface area contributed by atoms with E-state index in [9.17, 15) is 4.79 Å². The Bertz CT molecular complexity index is 1260. The Morgan fingerprint density at radius 1 is 1.03 bits per heavy atom. The molecule has 2 amide bonds. The number of unbranched alkanes of at least 4 members (excludes halogenated alkanes) is 1. The van der Waals surface area contributed by atoms with Gasteiger partial charge in [0.05, 0.1) is 31.1 Å². The van der Waals surface area contributed by atoms with E-state index < -0.39 is 0 Å². The fraction of sp³-hybridized carbons (Fsp3) is 0.240. The second-order valence-electron chi connectivity index (χ2n) is 7.82. The lowest BCUT2D eigenvalue weighted by atomic mass is 10.1. The lowest BCUT2D eigenvalue weighted by Crippen LogP contribution is -2.28. The van der Waals surface area contributed by atoms with Crippen molar-refractivity contribution in [3.8, 4) is 11.5 Å². The van der Waals surface area contributed by atoms with Crippen LogP contribution in [0.4, 0.5) is 16.3 Å². The van der Waals surface area contributed by atoms with Crippen LogP contribution in [0.3, 0.4) is 0 Å². The third-order valence-electron chi connectivity index (χ3n) is 5.32. The van der Waals surface area contributed by atoms with Crippen molar-refractivity contribution >= 4 is 28.6 Å². The number of aryl methyl sites for hydroxylation is 1. The normalized spacial score (nSPS) is 10.7. The molecule has 34 heavy (non-hydrogen) atoms. The van der Waals surface area contributed by atoms with Crippen LogP contribution in [0.2, 0.25) is 0 Å². The zero-order valence-electron chi connectivity index (χ0n) is 19.0. The van der Waals surface area contributed by atoms with Gasteiger partial charge in [0.15, 0.2) is 11.5 Å². The van der Waals surface area contributed by atoms with E-state index in [2.05, 4.69) is 25.6 Å². The number of hydrogen-bond donors (Lipinski definition) is 4. The Labute approximate surface area is 197 Å². The maximum atomic E-state index is 12.3. The Morgan fingerprint density at radius 3 is 2.79 bits per heavy atom. The first-order valence-corrected chi connectivity index (χ1v) is 11.1. The summed E-state index contributed by atoms with van der Waals surface area (Å²) in [5.74, 6) is 1.73. The van der Waals surface area contributed by atoms with Crippen molar-refractivity contribution in [3.05, 3.63) is 72.2 Å². The van der Waals surface area contributed by atoms with E-state index in [0.29, 0.717) is 36.2 Å². The van der Waals surface area contributed by atoms with Gasteiger partial charge in [-0.2, -0.15) is 0 Å². The summed E-state index contributed by atoms with van der Waals surface area (Å²) in [7, 11) is 1.57. The predicted molar refractivity (Wildman–Crippen MR) is 132 cm³/mol. The average molecular weight is 461 g/mol. The number of nitrogen functional groups attached to an aromatic ring is 1. The molecule has 0 saturated carbocycles. The minimum Gasteiger partial charge on any atom is -0.493 e. The van der Waals surface area contributed by atoms with Crippen LogP contribution in [0, 0.1) is 0 Å². The number of rotatable bonds is 10. The number of urea groups is 1. The lowest BCUT2D eigenvalue weighted by Gasteiger charge is -2.13. The summed E-state index contributed by atoms with van der Waals surface area (Å²) in [4.78, 5) is 23.6. The number of nitrogens with zero attached hydrogens (tertiary/aromatic N) is 2. The number of fused-ring (bicyclic) bond motifs is 1. The van der Waals surface area contributed by atoms with Crippen molar-refractivity contribution in [2.45, 2.75) is 25.8 Å². The molecule has 0 aliphatic heterocycles. The highest BCUT2D eigenvalue weighted by molar-refractivity contribution is 5.89. The number of carbonyl (C=O) groups is 1. The smallest absolute Gasteiger partial charge is 0.319 e. The number of nitrogens with two attached hydrogens (primary N) is 1. The molecule has 5 N–H and O–H groups in total. The van der Waals surface area contributed by atoms with E-state index in [4.69, 9.17) is 15.2 Å². The molecule has 0 fully saturated rings. The third kappa shape index (κ3) is 6.16. The number of aromatic nitrogens is 3. The van der Waals surface area contributed by atoms with Crippen LogP contribution in [0.1, 0.15) is 24.0 Å². The quantitative estimate of drug-likeness (QED) is 0.262. The molecule has 0 bridgehead atoms. The van der Waals surface area contributed by atoms with E-state index >= 15 is 0 Å². The molecule has 0 radical (unpaired) electrons. The second-order valence-corrected chi connectivity index (χ2v) is 7.82. The van der Waals surface area contributed by atoms with Gasteiger partial charge in [-0.05, 0) is 66.8 Å². The van der Waals surface area contributed by atoms with Gasteiger partial charge in [0.25, 0.3) is 0 Å². The highest BCUT2D eigenvalue weighted by Gasteiger charge is 2.09. The number of imidazole rings is 1. The molecule has 2 heterocycles. The van der Waals surface area contributed by atoms with Gasteiger partial charge >= 0.3 is 6.03 Å². The molecule has 0 aliphatic rings. The second kappa shape index (κ2) is 11.0. The molecule has 2 aromatic heterocycles. The number of hydrogen-bond acceptors (Lipinski definition) is 6. The number of methoxy groups -OCH3 is 1. The van der Waals surface area contributed by atoms with Gasteiger partial charge in [0.1, 0.15) is 5.82 Å². The number of anilines is 2. The summed E-state index contributed by atoms with van der Waals surface area (Å²) >= 11 is 0. The maximum absolute atomic E-state index is 12.3. The maximum Gasteiger partial charge on any atom is 0.319 e. The van der Waals surface area contributed by atoms with E-state index in [0.717, 1.165) is 35.9 Å². The molecule has 0 unspecified atom stereocenters. The number of amides is 2. The molecule has 0 saturated heterocycles. The van der Waals surface area contributed by atoms with Crippen LogP contribution in [-0.2, 0) is 13.0 Å².